The summed E-state index contributed by atoms with van der Waals surface area (Å²) in [5.41, 5.74) is 0.211. The van der Waals surface area contributed by atoms with Crippen molar-refractivity contribution in [3.63, 3.8) is 0 Å². The minimum Gasteiger partial charge on any atom is -0.344 e. The van der Waals surface area contributed by atoms with Gasteiger partial charge >= 0.3 is 0 Å². The van der Waals surface area contributed by atoms with E-state index >= 15 is 0 Å². The van der Waals surface area contributed by atoms with Crippen LogP contribution in [0.25, 0.3) is 0 Å². The summed E-state index contributed by atoms with van der Waals surface area (Å²) in [4.78, 5) is 16.3. The van der Waals surface area contributed by atoms with Crippen LogP contribution in [-0.4, -0.2) is 47.4 Å². The number of likely N-dealkylation sites (tertiary alicyclic amines) is 1. The Morgan fingerprint density at radius 2 is 2.00 bits per heavy atom. The molecule has 0 aliphatic carbocycles. The van der Waals surface area contributed by atoms with Crippen LogP contribution in [-0.2, 0) is 4.79 Å². The number of carbonyl (C=O) groups is 1. The van der Waals surface area contributed by atoms with E-state index in [1.807, 2.05) is 25.8 Å². The third-order valence-electron chi connectivity index (χ3n) is 3.59. The normalized spacial score (nSPS) is 22.2. The largest absolute Gasteiger partial charge is 0.344 e. The average Bonchev–Trinajstić information content (AvgIpc) is 2.63. The summed E-state index contributed by atoms with van der Waals surface area (Å²) in [5.74, 6) is 0.357. The van der Waals surface area contributed by atoms with Gasteiger partial charge in [0.2, 0.25) is 5.91 Å². The fourth-order valence-electron chi connectivity index (χ4n) is 2.76. The summed E-state index contributed by atoms with van der Waals surface area (Å²) in [5, 5.41) is 0. The zero-order chi connectivity index (χ0) is 13.2. The first-order valence-corrected chi connectivity index (χ1v) is 6.75. The van der Waals surface area contributed by atoms with E-state index in [1.165, 1.54) is 12.8 Å². The van der Waals surface area contributed by atoms with Gasteiger partial charge in [-0.2, -0.15) is 0 Å². The van der Waals surface area contributed by atoms with E-state index in [0.717, 1.165) is 13.1 Å². The molecule has 1 atom stereocenters. The Balaban J connectivity index is 2.59. The van der Waals surface area contributed by atoms with Gasteiger partial charge in [0.05, 0.1) is 0 Å². The Labute approximate surface area is 106 Å². The lowest BCUT2D eigenvalue weighted by Gasteiger charge is -2.38. The topological polar surface area (TPSA) is 23.6 Å². The lowest BCUT2D eigenvalue weighted by Crippen LogP contribution is -2.49. The second-order valence-electron chi connectivity index (χ2n) is 6.53. The third-order valence-corrected chi connectivity index (χ3v) is 3.59. The van der Waals surface area contributed by atoms with Crippen molar-refractivity contribution in [2.24, 2.45) is 5.92 Å². The molecule has 0 radical (unpaired) electrons. The minimum atomic E-state index is 0.101. The minimum absolute atomic E-state index is 0.101. The van der Waals surface area contributed by atoms with Crippen molar-refractivity contribution in [1.82, 2.24) is 9.80 Å². The molecule has 3 heteroatoms. The molecule has 1 rings (SSSR count). The molecule has 1 aliphatic rings. The molecule has 1 fully saturated rings. The Morgan fingerprint density at radius 1 is 1.41 bits per heavy atom. The molecule has 1 amide bonds. The smallest absolute Gasteiger partial charge is 0.224 e. The summed E-state index contributed by atoms with van der Waals surface area (Å²) in [7, 11) is 1.93. The van der Waals surface area contributed by atoms with Gasteiger partial charge in [0.15, 0.2) is 0 Å². The molecular weight excluding hydrogens is 212 g/mol. The maximum atomic E-state index is 11.9. The maximum Gasteiger partial charge on any atom is 0.224 e. The first kappa shape index (κ1) is 14.5. The first-order valence-electron chi connectivity index (χ1n) is 6.75. The molecule has 100 valence electrons. The SMILES string of the molecule is CC(C)C(=O)N(C)CC1CCCN1C(C)(C)C. The average molecular weight is 240 g/mol. The molecule has 1 unspecified atom stereocenters. The lowest BCUT2D eigenvalue weighted by molar-refractivity contribution is -0.134. The van der Waals surface area contributed by atoms with Crippen LogP contribution in [0.2, 0.25) is 0 Å². The molecular formula is C14H28N2O. The highest BCUT2D eigenvalue weighted by Crippen LogP contribution is 2.26. The Hall–Kier alpha value is -0.570. The van der Waals surface area contributed by atoms with Crippen LogP contribution in [0.5, 0.6) is 0 Å². The summed E-state index contributed by atoms with van der Waals surface area (Å²) in [6.07, 6.45) is 2.47. The van der Waals surface area contributed by atoms with E-state index in [4.69, 9.17) is 0 Å². The van der Waals surface area contributed by atoms with E-state index in [1.54, 1.807) is 0 Å². The second-order valence-corrected chi connectivity index (χ2v) is 6.53. The Bertz CT molecular complexity index is 268. The fraction of sp³-hybridized carbons (Fsp3) is 0.929. The number of hydrogen-bond acceptors (Lipinski definition) is 2. The number of rotatable bonds is 3. The molecule has 0 saturated carbocycles. The van der Waals surface area contributed by atoms with Gasteiger partial charge in [-0.3, -0.25) is 9.69 Å². The van der Waals surface area contributed by atoms with Crippen molar-refractivity contribution in [3.8, 4) is 0 Å². The van der Waals surface area contributed by atoms with Crippen LogP contribution in [0.1, 0.15) is 47.5 Å². The number of likely N-dealkylation sites (N-methyl/N-ethyl adjacent to an activating group) is 1. The van der Waals surface area contributed by atoms with Gasteiger partial charge < -0.3 is 4.90 Å². The van der Waals surface area contributed by atoms with Gasteiger partial charge in [0.25, 0.3) is 0 Å². The van der Waals surface area contributed by atoms with Crippen LogP contribution in [0.3, 0.4) is 0 Å². The summed E-state index contributed by atoms with van der Waals surface area (Å²) < 4.78 is 0. The third kappa shape index (κ3) is 3.70. The highest BCUT2D eigenvalue weighted by atomic mass is 16.2. The van der Waals surface area contributed by atoms with Crippen LogP contribution in [0.15, 0.2) is 0 Å². The highest BCUT2D eigenvalue weighted by Gasteiger charge is 2.34. The van der Waals surface area contributed by atoms with Crippen molar-refractivity contribution in [3.05, 3.63) is 0 Å². The van der Waals surface area contributed by atoms with Crippen LogP contribution in [0, 0.1) is 5.92 Å². The molecule has 0 aromatic carbocycles. The molecule has 0 aromatic heterocycles. The number of amides is 1. The van der Waals surface area contributed by atoms with Crippen molar-refractivity contribution in [1.29, 1.82) is 0 Å². The van der Waals surface area contributed by atoms with Crippen molar-refractivity contribution < 1.29 is 4.79 Å². The van der Waals surface area contributed by atoms with Crippen molar-refractivity contribution in [2.45, 2.75) is 59.0 Å². The standard InChI is InChI=1S/C14H28N2O/c1-11(2)13(17)15(6)10-12-8-7-9-16(12)14(3,4)5/h11-12H,7-10H2,1-6H3. The zero-order valence-electron chi connectivity index (χ0n) is 12.3. The molecule has 1 saturated heterocycles. The first-order chi connectivity index (χ1) is 7.73. The molecule has 1 aliphatic heterocycles. The van der Waals surface area contributed by atoms with Gasteiger partial charge in [0, 0.05) is 31.1 Å². The summed E-state index contributed by atoms with van der Waals surface area (Å²) >= 11 is 0. The van der Waals surface area contributed by atoms with E-state index in [0.29, 0.717) is 6.04 Å². The van der Waals surface area contributed by atoms with Crippen LogP contribution in [0.4, 0.5) is 0 Å². The Morgan fingerprint density at radius 3 is 2.47 bits per heavy atom. The predicted octanol–water partition coefficient (Wildman–Crippen LogP) is 2.36. The Kier molecular flexibility index (Phi) is 4.59. The molecule has 17 heavy (non-hydrogen) atoms. The van der Waals surface area contributed by atoms with E-state index in [9.17, 15) is 4.79 Å². The molecule has 0 spiro atoms. The zero-order valence-corrected chi connectivity index (χ0v) is 12.3. The van der Waals surface area contributed by atoms with E-state index in [2.05, 4.69) is 25.7 Å². The molecule has 0 bridgehead atoms. The second kappa shape index (κ2) is 5.38. The molecule has 0 N–H and O–H groups in total. The number of nitrogens with zero attached hydrogens (tertiary/aromatic N) is 2. The molecule has 0 aromatic rings. The lowest BCUT2D eigenvalue weighted by atomic mass is 10.0. The van der Waals surface area contributed by atoms with Gasteiger partial charge in [-0.05, 0) is 40.2 Å². The quantitative estimate of drug-likeness (QED) is 0.756. The summed E-state index contributed by atoms with van der Waals surface area (Å²) in [6, 6.07) is 0.530. The predicted molar refractivity (Wildman–Crippen MR) is 72.0 cm³/mol. The van der Waals surface area contributed by atoms with Gasteiger partial charge in [-0.25, -0.2) is 0 Å². The molecule has 3 nitrogen and oxygen atoms in total. The van der Waals surface area contributed by atoms with Crippen LogP contribution < -0.4 is 0 Å². The van der Waals surface area contributed by atoms with Gasteiger partial charge in [-0.15, -0.1) is 0 Å². The number of hydrogen-bond donors (Lipinski definition) is 0. The fourth-order valence-corrected chi connectivity index (χ4v) is 2.76. The maximum absolute atomic E-state index is 11.9. The van der Waals surface area contributed by atoms with Crippen molar-refractivity contribution >= 4 is 5.91 Å². The number of carbonyl (C=O) groups excluding carboxylic acids is 1. The monoisotopic (exact) mass is 240 g/mol. The van der Waals surface area contributed by atoms with E-state index < -0.39 is 0 Å². The van der Waals surface area contributed by atoms with Gasteiger partial charge in [0.1, 0.15) is 0 Å². The summed E-state index contributed by atoms with van der Waals surface area (Å²) in [6.45, 7) is 12.7. The molecule has 1 heterocycles. The van der Waals surface area contributed by atoms with Gasteiger partial charge in [-0.1, -0.05) is 13.8 Å². The van der Waals surface area contributed by atoms with Crippen LogP contribution >= 0.6 is 0 Å². The highest BCUT2D eigenvalue weighted by molar-refractivity contribution is 5.77. The van der Waals surface area contributed by atoms with Crippen molar-refractivity contribution in [2.75, 3.05) is 20.1 Å². The van der Waals surface area contributed by atoms with E-state index in [-0.39, 0.29) is 17.4 Å².